The minimum atomic E-state index is -0.0135. The number of carbonyl (C=O) groups is 1. The summed E-state index contributed by atoms with van der Waals surface area (Å²) in [5.74, 6) is 0.809. The smallest absolute Gasteiger partial charge is 0.226 e. The van der Waals surface area contributed by atoms with Gasteiger partial charge in [-0.15, -0.1) is 11.3 Å². The van der Waals surface area contributed by atoms with Crippen LogP contribution < -0.4 is 10.1 Å². The van der Waals surface area contributed by atoms with E-state index >= 15 is 0 Å². The highest BCUT2D eigenvalue weighted by molar-refractivity contribution is 7.13. The maximum atomic E-state index is 12.1. The van der Waals surface area contributed by atoms with Crippen LogP contribution in [0.5, 0.6) is 5.75 Å². The van der Waals surface area contributed by atoms with Crippen molar-refractivity contribution in [3.8, 4) is 16.3 Å². The number of hydrogen-bond acceptors (Lipinski definition) is 5. The van der Waals surface area contributed by atoms with E-state index in [0.29, 0.717) is 19.6 Å². The summed E-state index contributed by atoms with van der Waals surface area (Å²) in [4.78, 5) is 16.6. The van der Waals surface area contributed by atoms with Gasteiger partial charge in [-0.1, -0.05) is 12.1 Å². The lowest BCUT2D eigenvalue weighted by Gasteiger charge is -2.10. The summed E-state index contributed by atoms with van der Waals surface area (Å²) in [6, 6.07) is 7.84. The number of benzene rings is 1. The zero-order chi connectivity index (χ0) is 16.8. The number of hydrogen-bond donors (Lipinski definition) is 1. The van der Waals surface area contributed by atoms with E-state index in [2.05, 4.69) is 10.3 Å². The molecule has 1 aromatic heterocycles. The van der Waals surface area contributed by atoms with Gasteiger partial charge in [-0.25, -0.2) is 4.98 Å². The molecule has 1 fully saturated rings. The van der Waals surface area contributed by atoms with E-state index in [1.54, 1.807) is 0 Å². The van der Waals surface area contributed by atoms with Crippen LogP contribution in [0.1, 0.15) is 25.5 Å². The number of rotatable bonds is 7. The van der Waals surface area contributed by atoms with Crippen LogP contribution in [-0.2, 0) is 16.0 Å². The van der Waals surface area contributed by atoms with E-state index in [-0.39, 0.29) is 12.0 Å². The maximum Gasteiger partial charge on any atom is 0.226 e. The summed E-state index contributed by atoms with van der Waals surface area (Å²) in [6.07, 6.45) is 2.56. The van der Waals surface area contributed by atoms with Crippen LogP contribution in [0.2, 0.25) is 0 Å². The Morgan fingerprint density at radius 3 is 3.12 bits per heavy atom. The Balaban J connectivity index is 1.60. The van der Waals surface area contributed by atoms with Crippen LogP contribution in [0.25, 0.3) is 10.6 Å². The standard InChI is InChI=1S/C18H22N2O3S/c1-2-22-16-8-4-3-7-15(16)18-20-13(12-24-18)10-17(21)19-11-14-6-5-9-23-14/h3-4,7-8,12,14H,2,5-6,9-11H2,1H3,(H,19,21)/t14-/m0/s1. The summed E-state index contributed by atoms with van der Waals surface area (Å²) in [7, 11) is 0. The molecule has 0 unspecified atom stereocenters. The molecule has 0 aliphatic carbocycles. The van der Waals surface area contributed by atoms with Crippen LogP contribution in [0, 0.1) is 0 Å². The SMILES string of the molecule is CCOc1ccccc1-c1nc(CC(=O)NC[C@@H]2CCCO2)cs1. The van der Waals surface area contributed by atoms with Crippen molar-refractivity contribution in [3.63, 3.8) is 0 Å². The number of carbonyl (C=O) groups excluding carboxylic acids is 1. The van der Waals surface area contributed by atoms with Gasteiger partial charge in [-0.3, -0.25) is 4.79 Å². The molecule has 1 atom stereocenters. The highest BCUT2D eigenvalue weighted by Gasteiger charge is 2.17. The van der Waals surface area contributed by atoms with Crippen molar-refractivity contribution in [1.29, 1.82) is 0 Å². The first-order chi connectivity index (χ1) is 11.8. The van der Waals surface area contributed by atoms with Crippen LogP contribution in [-0.4, -0.2) is 36.8 Å². The van der Waals surface area contributed by atoms with Crippen molar-refractivity contribution in [3.05, 3.63) is 35.3 Å². The molecule has 1 saturated heterocycles. The minimum absolute atomic E-state index is 0.0135. The van der Waals surface area contributed by atoms with Gasteiger partial charge in [0.1, 0.15) is 10.8 Å². The second-order valence-corrected chi connectivity index (χ2v) is 6.55. The van der Waals surface area contributed by atoms with Gasteiger partial charge in [-0.2, -0.15) is 0 Å². The van der Waals surface area contributed by atoms with E-state index in [1.165, 1.54) is 11.3 Å². The van der Waals surface area contributed by atoms with Gasteiger partial charge in [0.05, 0.1) is 30.4 Å². The number of thiazole rings is 1. The predicted octanol–water partition coefficient (Wildman–Crippen LogP) is 3.05. The van der Waals surface area contributed by atoms with E-state index in [1.807, 2.05) is 36.6 Å². The molecular formula is C18H22N2O3S. The van der Waals surface area contributed by atoms with E-state index in [9.17, 15) is 4.79 Å². The van der Waals surface area contributed by atoms with Gasteiger partial charge in [0.2, 0.25) is 5.91 Å². The fraction of sp³-hybridized carbons (Fsp3) is 0.444. The average Bonchev–Trinajstić information content (AvgIpc) is 3.25. The first kappa shape index (κ1) is 16.9. The molecule has 1 aliphatic rings. The Hall–Kier alpha value is -1.92. The van der Waals surface area contributed by atoms with Crippen LogP contribution in [0.15, 0.2) is 29.6 Å². The van der Waals surface area contributed by atoms with Gasteiger partial charge in [0, 0.05) is 18.5 Å². The first-order valence-electron chi connectivity index (χ1n) is 8.31. The molecule has 0 spiro atoms. The summed E-state index contributed by atoms with van der Waals surface area (Å²) in [6.45, 7) is 3.96. The number of para-hydroxylation sites is 1. The molecule has 1 aromatic carbocycles. The van der Waals surface area contributed by atoms with Gasteiger partial charge in [0.25, 0.3) is 0 Å². The second kappa shape index (κ2) is 8.26. The zero-order valence-electron chi connectivity index (χ0n) is 13.8. The number of nitrogens with zero attached hydrogens (tertiary/aromatic N) is 1. The van der Waals surface area contributed by atoms with Crippen LogP contribution >= 0.6 is 11.3 Å². The van der Waals surface area contributed by atoms with Crippen molar-refractivity contribution in [1.82, 2.24) is 10.3 Å². The van der Waals surface area contributed by atoms with E-state index in [0.717, 1.165) is 41.5 Å². The predicted molar refractivity (Wildman–Crippen MR) is 94.4 cm³/mol. The summed E-state index contributed by atoms with van der Waals surface area (Å²) in [5.41, 5.74) is 1.75. The quantitative estimate of drug-likeness (QED) is 0.837. The molecule has 2 heterocycles. The molecule has 6 heteroatoms. The number of amides is 1. The van der Waals surface area contributed by atoms with Gasteiger partial charge >= 0.3 is 0 Å². The molecule has 0 saturated carbocycles. The number of ether oxygens (including phenoxy) is 2. The van der Waals surface area contributed by atoms with Crippen molar-refractivity contribution in [2.75, 3.05) is 19.8 Å². The highest BCUT2D eigenvalue weighted by atomic mass is 32.1. The van der Waals surface area contributed by atoms with Gasteiger partial charge in [-0.05, 0) is 31.9 Å². The molecule has 0 bridgehead atoms. The Morgan fingerprint density at radius 1 is 1.46 bits per heavy atom. The lowest BCUT2D eigenvalue weighted by molar-refractivity contribution is -0.121. The van der Waals surface area contributed by atoms with E-state index in [4.69, 9.17) is 9.47 Å². The molecule has 128 valence electrons. The molecule has 2 aromatic rings. The largest absolute Gasteiger partial charge is 0.493 e. The Labute approximate surface area is 146 Å². The lowest BCUT2D eigenvalue weighted by atomic mass is 10.2. The van der Waals surface area contributed by atoms with Crippen molar-refractivity contribution >= 4 is 17.2 Å². The van der Waals surface area contributed by atoms with Gasteiger partial charge in [0.15, 0.2) is 0 Å². The molecular weight excluding hydrogens is 324 g/mol. The van der Waals surface area contributed by atoms with E-state index < -0.39 is 0 Å². The topological polar surface area (TPSA) is 60.5 Å². The number of aromatic nitrogens is 1. The highest BCUT2D eigenvalue weighted by Crippen LogP contribution is 2.32. The molecule has 0 radical (unpaired) electrons. The molecule has 1 aliphatic heterocycles. The normalized spacial score (nSPS) is 17.0. The van der Waals surface area contributed by atoms with Crippen LogP contribution in [0.4, 0.5) is 0 Å². The number of nitrogens with one attached hydrogen (secondary N) is 1. The summed E-state index contributed by atoms with van der Waals surface area (Å²) < 4.78 is 11.2. The first-order valence-corrected chi connectivity index (χ1v) is 9.19. The minimum Gasteiger partial charge on any atom is -0.493 e. The maximum absolute atomic E-state index is 12.1. The molecule has 1 N–H and O–H groups in total. The zero-order valence-corrected chi connectivity index (χ0v) is 14.6. The molecule has 1 amide bonds. The molecule has 5 nitrogen and oxygen atoms in total. The molecule has 3 rings (SSSR count). The van der Waals surface area contributed by atoms with Crippen molar-refractivity contribution in [2.24, 2.45) is 0 Å². The second-order valence-electron chi connectivity index (χ2n) is 5.69. The fourth-order valence-corrected chi connectivity index (χ4v) is 3.55. The Morgan fingerprint density at radius 2 is 2.33 bits per heavy atom. The fourth-order valence-electron chi connectivity index (χ4n) is 2.70. The third-order valence-corrected chi connectivity index (χ3v) is 4.79. The van der Waals surface area contributed by atoms with Crippen molar-refractivity contribution in [2.45, 2.75) is 32.3 Å². The third kappa shape index (κ3) is 4.33. The third-order valence-electron chi connectivity index (χ3n) is 3.86. The lowest BCUT2D eigenvalue weighted by Crippen LogP contribution is -2.32. The summed E-state index contributed by atoms with van der Waals surface area (Å²) >= 11 is 1.53. The summed E-state index contributed by atoms with van der Waals surface area (Å²) in [5, 5.41) is 5.74. The van der Waals surface area contributed by atoms with Gasteiger partial charge < -0.3 is 14.8 Å². The average molecular weight is 346 g/mol. The van der Waals surface area contributed by atoms with Crippen LogP contribution in [0.3, 0.4) is 0 Å². The Bertz CT molecular complexity index is 680. The van der Waals surface area contributed by atoms with Crippen molar-refractivity contribution < 1.29 is 14.3 Å². The monoisotopic (exact) mass is 346 g/mol. The molecule has 24 heavy (non-hydrogen) atoms. The Kier molecular flexibility index (Phi) is 5.82.